The predicted octanol–water partition coefficient (Wildman–Crippen LogP) is 4.45. The molecule has 2 N–H and O–H groups in total. The molecule has 0 aliphatic rings. The minimum absolute atomic E-state index is 0.792. The molecule has 2 aromatic carbocycles. The molecule has 3 nitrogen and oxygen atoms in total. The Labute approximate surface area is 130 Å². The van der Waals surface area contributed by atoms with Crippen LogP contribution in [0.5, 0.6) is 0 Å². The highest BCUT2D eigenvalue weighted by atomic mass is 35.5. The molecule has 0 amide bonds. The Bertz CT molecular complexity index is 566. The topological polar surface area (TPSA) is 49.3 Å². The van der Waals surface area contributed by atoms with Crippen LogP contribution in [0, 0.1) is 0 Å². The first-order valence-corrected chi connectivity index (χ1v) is 7.16. The lowest BCUT2D eigenvalue weighted by molar-refractivity contribution is -0.134. The average Bonchev–Trinajstić information content (AvgIpc) is 2.43. The van der Waals surface area contributed by atoms with Crippen LogP contribution in [0.25, 0.3) is 0 Å². The number of hydrogen-bond donors (Lipinski definition) is 2. The van der Waals surface area contributed by atoms with Crippen molar-refractivity contribution >= 4 is 23.3 Å². The van der Waals surface area contributed by atoms with Crippen LogP contribution in [0.1, 0.15) is 25.0 Å². The van der Waals surface area contributed by atoms with E-state index in [4.69, 9.17) is 21.5 Å². The highest BCUT2D eigenvalue weighted by Gasteiger charge is 2.01. The molecule has 2 rings (SSSR count). The first-order valence-electron chi connectivity index (χ1n) is 6.78. The van der Waals surface area contributed by atoms with Crippen molar-refractivity contribution < 1.29 is 9.90 Å². The molecule has 0 bridgehead atoms. The van der Waals surface area contributed by atoms with Gasteiger partial charge in [-0.1, -0.05) is 48.0 Å². The third-order valence-corrected chi connectivity index (χ3v) is 2.96. The van der Waals surface area contributed by atoms with Gasteiger partial charge >= 0.3 is 0 Å². The Morgan fingerprint density at radius 2 is 1.76 bits per heavy atom. The summed E-state index contributed by atoms with van der Waals surface area (Å²) < 4.78 is 0. The molecule has 0 unspecified atom stereocenters. The maximum Gasteiger partial charge on any atom is 0.300 e. The monoisotopic (exact) mass is 305 g/mol. The van der Waals surface area contributed by atoms with E-state index in [1.54, 1.807) is 0 Å². The van der Waals surface area contributed by atoms with Crippen molar-refractivity contribution in [3.8, 4) is 0 Å². The summed E-state index contributed by atoms with van der Waals surface area (Å²) in [6.45, 7) is 4.03. The highest BCUT2D eigenvalue weighted by Crippen LogP contribution is 2.24. The maximum absolute atomic E-state index is 9.00. The zero-order chi connectivity index (χ0) is 15.7. The lowest BCUT2D eigenvalue weighted by atomic mass is 10.0. The molecule has 0 aliphatic heterocycles. The summed E-state index contributed by atoms with van der Waals surface area (Å²) in [4.78, 5) is 9.00. The molecule has 0 saturated heterocycles. The number of benzene rings is 2. The van der Waals surface area contributed by atoms with Gasteiger partial charge in [-0.25, -0.2) is 0 Å². The van der Waals surface area contributed by atoms with Gasteiger partial charge in [0, 0.05) is 13.5 Å². The summed E-state index contributed by atoms with van der Waals surface area (Å²) >= 11 is 6.21. The Kier molecular flexibility index (Phi) is 7.33. The average molecular weight is 306 g/mol. The van der Waals surface area contributed by atoms with Crippen molar-refractivity contribution in [1.29, 1.82) is 0 Å². The zero-order valence-corrected chi connectivity index (χ0v) is 13.0. The van der Waals surface area contributed by atoms with E-state index in [0.717, 1.165) is 30.6 Å². The quantitative estimate of drug-likeness (QED) is 0.877. The number of rotatable bonds is 4. The Hall–Kier alpha value is -2.00. The van der Waals surface area contributed by atoms with Crippen LogP contribution in [0.15, 0.2) is 48.5 Å². The van der Waals surface area contributed by atoms with Gasteiger partial charge in [-0.3, -0.25) is 4.79 Å². The highest BCUT2D eigenvalue weighted by molar-refractivity contribution is 6.33. The summed E-state index contributed by atoms with van der Waals surface area (Å²) in [5.74, 6) is -0.833. The Morgan fingerprint density at radius 1 is 1.14 bits per heavy atom. The first kappa shape index (κ1) is 17.1. The second-order valence-corrected chi connectivity index (χ2v) is 4.93. The smallest absolute Gasteiger partial charge is 0.300 e. The third kappa shape index (κ3) is 6.82. The number of carboxylic acid groups (broad SMARTS) is 1. The number of anilines is 1. The molecule has 0 aliphatic carbocycles. The van der Waals surface area contributed by atoms with Crippen molar-refractivity contribution in [1.82, 2.24) is 0 Å². The van der Waals surface area contributed by atoms with E-state index in [1.807, 2.05) is 18.2 Å². The number of halogens is 1. The second-order valence-electron chi connectivity index (χ2n) is 4.53. The lowest BCUT2D eigenvalue weighted by Gasteiger charge is -2.08. The second kappa shape index (κ2) is 9.03. The molecule has 0 saturated carbocycles. The van der Waals surface area contributed by atoms with E-state index in [1.165, 1.54) is 11.1 Å². The van der Waals surface area contributed by atoms with Gasteiger partial charge in [0.25, 0.3) is 5.97 Å². The normalized spacial score (nSPS) is 9.48. The largest absolute Gasteiger partial charge is 0.481 e. The molecule has 0 radical (unpaired) electrons. The Balaban J connectivity index is 0.000000491. The van der Waals surface area contributed by atoms with Crippen LogP contribution in [-0.4, -0.2) is 17.6 Å². The predicted molar refractivity (Wildman–Crippen MR) is 88.2 cm³/mol. The molecular formula is C17H20ClNO2. The standard InChI is InChI=1S/C15H16ClN.C2H4O2/c1-2-17-15-9-8-13(11-14(15)16)10-12-6-4-3-5-7-12;1-2(3)4/h3-9,11,17H,2,10H2,1H3;1H3,(H,3,4). The van der Waals surface area contributed by atoms with Crippen molar-refractivity contribution in [3.05, 3.63) is 64.7 Å². The van der Waals surface area contributed by atoms with Gasteiger partial charge in [0.05, 0.1) is 10.7 Å². The zero-order valence-electron chi connectivity index (χ0n) is 12.3. The van der Waals surface area contributed by atoms with Crippen LogP contribution in [0.4, 0.5) is 5.69 Å². The lowest BCUT2D eigenvalue weighted by Crippen LogP contribution is -1.97. The molecular weight excluding hydrogens is 286 g/mol. The molecule has 0 heterocycles. The van der Waals surface area contributed by atoms with E-state index in [9.17, 15) is 0 Å². The summed E-state index contributed by atoms with van der Waals surface area (Å²) in [6, 6.07) is 16.6. The molecule has 0 aromatic heterocycles. The van der Waals surface area contributed by atoms with Crippen LogP contribution in [-0.2, 0) is 11.2 Å². The van der Waals surface area contributed by atoms with Gasteiger partial charge in [0.1, 0.15) is 0 Å². The summed E-state index contributed by atoms with van der Waals surface area (Å²) in [5, 5.41) is 11.4. The number of carbonyl (C=O) groups is 1. The van der Waals surface area contributed by atoms with Gasteiger partial charge in [-0.15, -0.1) is 0 Å². The van der Waals surface area contributed by atoms with E-state index < -0.39 is 5.97 Å². The fourth-order valence-electron chi connectivity index (χ4n) is 1.83. The van der Waals surface area contributed by atoms with Gasteiger partial charge < -0.3 is 10.4 Å². The van der Waals surface area contributed by atoms with Gasteiger partial charge in [-0.05, 0) is 36.6 Å². The SMILES string of the molecule is CC(=O)O.CCNc1ccc(Cc2ccccc2)cc1Cl. The van der Waals surface area contributed by atoms with E-state index in [0.29, 0.717) is 0 Å². The number of hydrogen-bond acceptors (Lipinski definition) is 2. The van der Waals surface area contributed by atoms with Crippen LogP contribution in [0.3, 0.4) is 0 Å². The van der Waals surface area contributed by atoms with Crippen molar-refractivity contribution in [2.45, 2.75) is 20.3 Å². The molecule has 0 spiro atoms. The van der Waals surface area contributed by atoms with Crippen LogP contribution < -0.4 is 5.32 Å². The molecule has 0 fully saturated rings. The molecule has 4 heteroatoms. The van der Waals surface area contributed by atoms with Crippen molar-refractivity contribution in [2.75, 3.05) is 11.9 Å². The Morgan fingerprint density at radius 3 is 2.29 bits per heavy atom. The minimum atomic E-state index is -0.833. The fourth-order valence-corrected chi connectivity index (χ4v) is 2.10. The fraction of sp³-hybridized carbons (Fsp3) is 0.235. The third-order valence-electron chi connectivity index (χ3n) is 2.65. The van der Waals surface area contributed by atoms with Crippen LogP contribution in [0.2, 0.25) is 5.02 Å². The van der Waals surface area contributed by atoms with Crippen molar-refractivity contribution in [3.63, 3.8) is 0 Å². The summed E-state index contributed by atoms with van der Waals surface area (Å²) in [5.41, 5.74) is 3.55. The molecule has 112 valence electrons. The number of carboxylic acids is 1. The van der Waals surface area contributed by atoms with Crippen LogP contribution >= 0.6 is 11.6 Å². The minimum Gasteiger partial charge on any atom is -0.481 e. The molecule has 21 heavy (non-hydrogen) atoms. The first-order chi connectivity index (χ1) is 10.0. The van der Waals surface area contributed by atoms with E-state index in [-0.39, 0.29) is 0 Å². The van der Waals surface area contributed by atoms with E-state index >= 15 is 0 Å². The van der Waals surface area contributed by atoms with Gasteiger partial charge in [0.15, 0.2) is 0 Å². The summed E-state index contributed by atoms with van der Waals surface area (Å²) in [6.07, 6.45) is 0.924. The molecule has 2 aromatic rings. The van der Waals surface area contributed by atoms with Crippen molar-refractivity contribution in [2.24, 2.45) is 0 Å². The van der Waals surface area contributed by atoms with Gasteiger partial charge in [-0.2, -0.15) is 0 Å². The summed E-state index contributed by atoms with van der Waals surface area (Å²) in [7, 11) is 0. The maximum atomic E-state index is 9.00. The van der Waals surface area contributed by atoms with E-state index in [2.05, 4.69) is 42.6 Å². The van der Waals surface area contributed by atoms with Gasteiger partial charge in [0.2, 0.25) is 0 Å². The number of nitrogens with one attached hydrogen (secondary N) is 1. The molecule has 0 atom stereocenters. The number of aliphatic carboxylic acids is 1.